The molecule has 0 saturated heterocycles. The summed E-state index contributed by atoms with van der Waals surface area (Å²) in [6.45, 7) is 6.05. The molecule has 0 aliphatic heterocycles. The monoisotopic (exact) mass is 424 g/mol. The summed E-state index contributed by atoms with van der Waals surface area (Å²) in [4.78, 5) is 19.5. The number of aromatic nitrogens is 5. The number of hydrogen-bond acceptors (Lipinski definition) is 6. The molecular formula is C21H24N6O2S. The minimum atomic E-state index is -0.0903. The molecule has 4 heterocycles. The topological polar surface area (TPSA) is 97.7 Å². The van der Waals surface area contributed by atoms with Crippen molar-refractivity contribution in [2.45, 2.75) is 33.6 Å². The number of carbonyl (C=O) groups is 1. The molecule has 0 aromatic carbocycles. The van der Waals surface area contributed by atoms with Crippen LogP contribution in [-0.4, -0.2) is 38.0 Å². The Morgan fingerprint density at radius 1 is 1.30 bits per heavy atom. The van der Waals surface area contributed by atoms with Crippen LogP contribution in [0.5, 0.6) is 5.88 Å². The van der Waals surface area contributed by atoms with Gasteiger partial charge in [-0.3, -0.25) is 9.89 Å². The Labute approximate surface area is 178 Å². The SMILES string of the molecule is COc1nn(C)c2nc(C)c(CCC(=O)Nc3cc(-c4ccc(C)s4)[nH]n3)c(C)c12. The summed E-state index contributed by atoms with van der Waals surface area (Å²) in [7, 11) is 3.45. The van der Waals surface area contributed by atoms with Crippen LogP contribution in [0.15, 0.2) is 18.2 Å². The van der Waals surface area contributed by atoms with Crippen LogP contribution in [0.2, 0.25) is 0 Å². The molecule has 4 aromatic heterocycles. The number of nitrogens with one attached hydrogen (secondary N) is 2. The number of aromatic amines is 1. The van der Waals surface area contributed by atoms with Crippen molar-refractivity contribution in [3.05, 3.63) is 39.9 Å². The molecule has 156 valence electrons. The van der Waals surface area contributed by atoms with E-state index in [1.54, 1.807) is 23.1 Å². The molecule has 4 rings (SSSR count). The number of pyridine rings is 1. The molecule has 9 heteroatoms. The molecule has 8 nitrogen and oxygen atoms in total. The van der Waals surface area contributed by atoms with E-state index in [0.29, 0.717) is 24.5 Å². The summed E-state index contributed by atoms with van der Waals surface area (Å²) in [5, 5.41) is 15.3. The van der Waals surface area contributed by atoms with E-state index in [1.807, 2.05) is 33.0 Å². The molecular weight excluding hydrogens is 400 g/mol. The highest BCUT2D eigenvalue weighted by Crippen LogP contribution is 2.31. The lowest BCUT2D eigenvalue weighted by Crippen LogP contribution is -2.13. The van der Waals surface area contributed by atoms with Crippen LogP contribution < -0.4 is 10.1 Å². The number of methoxy groups -OCH3 is 1. The van der Waals surface area contributed by atoms with E-state index in [9.17, 15) is 4.79 Å². The molecule has 0 unspecified atom stereocenters. The number of ether oxygens (including phenoxy) is 1. The molecule has 0 aliphatic carbocycles. The van der Waals surface area contributed by atoms with Gasteiger partial charge >= 0.3 is 0 Å². The first kappa shape index (κ1) is 20.1. The van der Waals surface area contributed by atoms with Gasteiger partial charge in [-0.15, -0.1) is 16.4 Å². The third kappa shape index (κ3) is 3.68. The second kappa shape index (κ2) is 7.91. The van der Waals surface area contributed by atoms with Crippen molar-refractivity contribution >= 4 is 34.1 Å². The number of carbonyl (C=O) groups excluding carboxylic acids is 1. The van der Waals surface area contributed by atoms with Gasteiger partial charge in [-0.1, -0.05) is 0 Å². The highest BCUT2D eigenvalue weighted by Gasteiger charge is 2.18. The van der Waals surface area contributed by atoms with Crippen LogP contribution >= 0.6 is 11.3 Å². The van der Waals surface area contributed by atoms with Crippen molar-refractivity contribution < 1.29 is 9.53 Å². The number of H-pyrrole nitrogens is 1. The van der Waals surface area contributed by atoms with Gasteiger partial charge in [-0.25, -0.2) is 9.67 Å². The molecule has 0 bridgehead atoms. The van der Waals surface area contributed by atoms with E-state index in [-0.39, 0.29) is 5.91 Å². The minimum absolute atomic E-state index is 0.0903. The number of aryl methyl sites for hydroxylation is 4. The summed E-state index contributed by atoms with van der Waals surface area (Å²) < 4.78 is 7.12. The zero-order valence-corrected chi connectivity index (χ0v) is 18.5. The normalized spacial score (nSPS) is 11.2. The Morgan fingerprint density at radius 2 is 2.10 bits per heavy atom. The molecule has 0 atom stereocenters. The van der Waals surface area contributed by atoms with Gasteiger partial charge in [-0.05, 0) is 50.5 Å². The quantitative estimate of drug-likeness (QED) is 0.489. The first-order valence-electron chi connectivity index (χ1n) is 9.66. The molecule has 0 saturated carbocycles. The number of thiophene rings is 1. The smallest absolute Gasteiger partial charge is 0.242 e. The Bertz CT molecular complexity index is 1240. The maximum atomic E-state index is 12.5. The summed E-state index contributed by atoms with van der Waals surface area (Å²) in [5.41, 5.74) is 4.66. The van der Waals surface area contributed by atoms with Crippen molar-refractivity contribution in [2.75, 3.05) is 12.4 Å². The predicted molar refractivity (Wildman–Crippen MR) is 118 cm³/mol. The van der Waals surface area contributed by atoms with E-state index in [2.05, 4.69) is 38.6 Å². The largest absolute Gasteiger partial charge is 0.479 e. The molecule has 0 spiro atoms. The zero-order valence-electron chi connectivity index (χ0n) is 17.7. The van der Waals surface area contributed by atoms with Gasteiger partial charge in [0.1, 0.15) is 0 Å². The fourth-order valence-electron chi connectivity index (χ4n) is 3.64. The maximum absolute atomic E-state index is 12.5. The van der Waals surface area contributed by atoms with E-state index < -0.39 is 0 Å². The van der Waals surface area contributed by atoms with E-state index in [0.717, 1.165) is 38.4 Å². The van der Waals surface area contributed by atoms with Crippen LogP contribution in [0.4, 0.5) is 5.82 Å². The third-order valence-corrected chi connectivity index (χ3v) is 6.20. The Kier molecular flexibility index (Phi) is 5.29. The predicted octanol–water partition coefficient (Wildman–Crippen LogP) is 3.93. The van der Waals surface area contributed by atoms with E-state index >= 15 is 0 Å². The lowest BCUT2D eigenvalue weighted by Gasteiger charge is -2.11. The van der Waals surface area contributed by atoms with Crippen molar-refractivity contribution in [2.24, 2.45) is 7.05 Å². The van der Waals surface area contributed by atoms with Crippen molar-refractivity contribution in [1.29, 1.82) is 0 Å². The van der Waals surface area contributed by atoms with Gasteiger partial charge in [-0.2, -0.15) is 5.10 Å². The number of hydrogen-bond donors (Lipinski definition) is 2. The van der Waals surface area contributed by atoms with Crippen LogP contribution in [-0.2, 0) is 18.3 Å². The number of anilines is 1. The molecule has 0 fully saturated rings. The molecule has 4 aromatic rings. The molecule has 30 heavy (non-hydrogen) atoms. The number of amides is 1. The Morgan fingerprint density at radius 3 is 2.80 bits per heavy atom. The molecule has 0 aliphatic rings. The lowest BCUT2D eigenvalue weighted by molar-refractivity contribution is -0.116. The average Bonchev–Trinajstić information content (AvgIpc) is 3.41. The second-order valence-electron chi connectivity index (χ2n) is 7.26. The van der Waals surface area contributed by atoms with Gasteiger partial charge in [0.15, 0.2) is 11.5 Å². The van der Waals surface area contributed by atoms with Gasteiger partial charge in [0.25, 0.3) is 0 Å². The highest BCUT2D eigenvalue weighted by atomic mass is 32.1. The molecule has 0 radical (unpaired) electrons. The minimum Gasteiger partial charge on any atom is -0.479 e. The van der Waals surface area contributed by atoms with Crippen LogP contribution in [0.25, 0.3) is 21.6 Å². The van der Waals surface area contributed by atoms with Crippen LogP contribution in [0.3, 0.4) is 0 Å². The van der Waals surface area contributed by atoms with Crippen LogP contribution in [0, 0.1) is 20.8 Å². The fourth-order valence-corrected chi connectivity index (χ4v) is 4.48. The Hall–Kier alpha value is -3.20. The fraction of sp³-hybridized carbons (Fsp3) is 0.333. The van der Waals surface area contributed by atoms with Gasteiger partial charge < -0.3 is 10.1 Å². The summed E-state index contributed by atoms with van der Waals surface area (Å²) in [5.74, 6) is 0.987. The first-order chi connectivity index (χ1) is 14.4. The highest BCUT2D eigenvalue weighted by molar-refractivity contribution is 7.15. The number of fused-ring (bicyclic) bond motifs is 1. The maximum Gasteiger partial charge on any atom is 0.242 e. The van der Waals surface area contributed by atoms with E-state index in [1.165, 1.54) is 4.88 Å². The van der Waals surface area contributed by atoms with Crippen molar-refractivity contribution in [3.8, 4) is 16.5 Å². The summed E-state index contributed by atoms with van der Waals surface area (Å²) in [6, 6.07) is 5.96. The molecule has 2 N–H and O–H groups in total. The average molecular weight is 425 g/mol. The van der Waals surface area contributed by atoms with Crippen LogP contribution in [0.1, 0.15) is 28.1 Å². The number of rotatable bonds is 6. The summed E-state index contributed by atoms with van der Waals surface area (Å²) >= 11 is 1.68. The first-order valence-corrected chi connectivity index (χ1v) is 10.5. The summed E-state index contributed by atoms with van der Waals surface area (Å²) in [6.07, 6.45) is 0.906. The van der Waals surface area contributed by atoms with E-state index in [4.69, 9.17) is 4.74 Å². The standard InChI is InChI=1S/C21H24N6O2S/c1-11-6-8-16(30-11)15-10-17(25-24-15)23-18(28)9-7-14-12(2)19-20(22-13(14)3)27(4)26-21(19)29-5/h6,8,10H,7,9H2,1-5H3,(H2,23,24,25,28). The van der Waals surface area contributed by atoms with Gasteiger partial charge in [0, 0.05) is 30.1 Å². The van der Waals surface area contributed by atoms with Crippen molar-refractivity contribution in [1.82, 2.24) is 25.0 Å². The van der Waals surface area contributed by atoms with Crippen molar-refractivity contribution in [3.63, 3.8) is 0 Å². The molecule has 1 amide bonds. The second-order valence-corrected chi connectivity index (χ2v) is 8.55. The lowest BCUT2D eigenvalue weighted by atomic mass is 10.00. The Balaban J connectivity index is 1.48. The number of nitrogens with zero attached hydrogens (tertiary/aromatic N) is 4. The van der Waals surface area contributed by atoms with Gasteiger partial charge in [0.2, 0.25) is 11.8 Å². The third-order valence-electron chi connectivity index (χ3n) is 5.17. The zero-order chi connectivity index (χ0) is 21.4. The van der Waals surface area contributed by atoms with Gasteiger partial charge in [0.05, 0.1) is 23.1 Å².